The van der Waals surface area contributed by atoms with Gasteiger partial charge in [-0.15, -0.1) is 0 Å². The Morgan fingerprint density at radius 3 is 2.66 bits per heavy atom. The number of nitrogens with one attached hydrogen (secondary N) is 2. The van der Waals surface area contributed by atoms with Gasteiger partial charge in [0.1, 0.15) is 5.75 Å². The number of rotatable bonds is 7. The Morgan fingerprint density at radius 1 is 1.21 bits per heavy atom. The molecule has 1 saturated carbocycles. The van der Waals surface area contributed by atoms with Crippen molar-refractivity contribution in [3.63, 3.8) is 0 Å². The summed E-state index contributed by atoms with van der Waals surface area (Å²) in [5, 5.41) is 3.49. The summed E-state index contributed by atoms with van der Waals surface area (Å²) in [7, 11) is 0. The zero-order valence-electron chi connectivity index (χ0n) is 16.5. The van der Waals surface area contributed by atoms with E-state index in [1.807, 2.05) is 43.3 Å². The summed E-state index contributed by atoms with van der Waals surface area (Å²) in [4.78, 5) is 27.3. The molecular weight excluding hydrogens is 388 g/mol. The molecule has 152 valence electrons. The lowest BCUT2D eigenvalue weighted by Crippen LogP contribution is -2.23. The molecule has 1 aliphatic carbocycles. The van der Waals surface area contributed by atoms with Crippen molar-refractivity contribution in [1.82, 2.24) is 10.3 Å². The number of carbonyl (C=O) groups excluding carboxylic acids is 1. The molecule has 2 fully saturated rings. The van der Waals surface area contributed by atoms with E-state index < -0.39 is 0 Å². The fourth-order valence-electron chi connectivity index (χ4n) is 3.66. The van der Waals surface area contributed by atoms with E-state index in [0.717, 1.165) is 48.1 Å². The Labute approximate surface area is 175 Å². The molecule has 1 atom stereocenters. The first-order valence-corrected chi connectivity index (χ1v) is 10.6. The lowest BCUT2D eigenvalue weighted by atomic mass is 9.98. The largest absolute Gasteiger partial charge is 0.492 e. The van der Waals surface area contributed by atoms with Gasteiger partial charge in [-0.1, -0.05) is 36.7 Å². The van der Waals surface area contributed by atoms with E-state index in [9.17, 15) is 9.59 Å². The monoisotopic (exact) mass is 412 g/mol. The van der Waals surface area contributed by atoms with Gasteiger partial charge < -0.3 is 15.0 Å². The van der Waals surface area contributed by atoms with Crippen molar-refractivity contribution < 1.29 is 9.53 Å². The first-order chi connectivity index (χ1) is 14.0. The van der Waals surface area contributed by atoms with Gasteiger partial charge in [-0.2, -0.15) is 0 Å². The topological polar surface area (TPSA) is 71.2 Å². The highest BCUT2D eigenvalue weighted by molar-refractivity contribution is 6.32. The van der Waals surface area contributed by atoms with Crippen LogP contribution >= 0.6 is 11.6 Å². The molecule has 5 nitrogen and oxygen atoms in total. The molecule has 2 aliphatic rings. The van der Waals surface area contributed by atoms with Crippen molar-refractivity contribution in [2.75, 3.05) is 6.61 Å². The van der Waals surface area contributed by atoms with Crippen LogP contribution in [0.25, 0.3) is 5.57 Å². The van der Waals surface area contributed by atoms with E-state index in [1.54, 1.807) is 0 Å². The van der Waals surface area contributed by atoms with Gasteiger partial charge in [-0.25, -0.2) is 0 Å². The van der Waals surface area contributed by atoms with Crippen molar-refractivity contribution in [2.24, 2.45) is 0 Å². The minimum Gasteiger partial charge on any atom is -0.492 e. The maximum Gasteiger partial charge on any atom is 0.251 e. The molecule has 1 saturated heterocycles. The molecule has 0 unspecified atom stereocenters. The van der Waals surface area contributed by atoms with E-state index in [2.05, 4.69) is 10.3 Å². The summed E-state index contributed by atoms with van der Waals surface area (Å²) < 4.78 is 5.68. The number of benzene rings is 1. The molecule has 2 heterocycles. The van der Waals surface area contributed by atoms with Gasteiger partial charge in [0, 0.05) is 29.3 Å². The molecule has 0 radical (unpaired) electrons. The van der Waals surface area contributed by atoms with Crippen LogP contribution in [-0.4, -0.2) is 23.5 Å². The van der Waals surface area contributed by atoms with E-state index >= 15 is 0 Å². The molecule has 0 spiro atoms. The second kappa shape index (κ2) is 8.46. The number of amides is 1. The Kier molecular flexibility index (Phi) is 5.76. The number of carbonyl (C=O) groups is 1. The van der Waals surface area contributed by atoms with E-state index in [-0.39, 0.29) is 17.5 Å². The highest BCUT2D eigenvalue weighted by Crippen LogP contribution is 2.38. The molecule has 6 heteroatoms. The summed E-state index contributed by atoms with van der Waals surface area (Å²) >= 11 is 6.45. The fourth-order valence-corrected chi connectivity index (χ4v) is 3.90. The van der Waals surface area contributed by atoms with Gasteiger partial charge in [0.25, 0.3) is 5.56 Å². The Morgan fingerprint density at radius 2 is 2.03 bits per heavy atom. The Hall–Kier alpha value is -2.53. The van der Waals surface area contributed by atoms with Gasteiger partial charge in [-0.3, -0.25) is 9.59 Å². The highest BCUT2D eigenvalue weighted by atomic mass is 35.5. The van der Waals surface area contributed by atoms with Gasteiger partial charge in [0.15, 0.2) is 0 Å². The van der Waals surface area contributed by atoms with Crippen LogP contribution in [-0.2, 0) is 4.79 Å². The highest BCUT2D eigenvalue weighted by Gasteiger charge is 2.26. The maximum absolute atomic E-state index is 12.6. The van der Waals surface area contributed by atoms with Crippen LogP contribution in [0.15, 0.2) is 41.2 Å². The standard InChI is InChI=1S/C23H25ClN2O3/c1-2-11-29-21-9-5-15(12-19(21)24)18(13-16-6-10-22(27)25-16)20-8-7-17(14-3-4-14)23(28)26-20/h5,7-9,12-14,16H,2-4,6,10-11H2,1H3,(H,25,27)(H,26,28)/b18-13-/t16-/m1/s1. The lowest BCUT2D eigenvalue weighted by molar-refractivity contribution is -0.119. The minimum atomic E-state index is -0.0705. The Bertz CT molecular complexity index is 1010. The molecule has 1 aromatic heterocycles. The average Bonchev–Trinajstić information content (AvgIpc) is 3.46. The smallest absolute Gasteiger partial charge is 0.251 e. The number of halogens is 1. The number of hydrogen-bond acceptors (Lipinski definition) is 3. The molecular formula is C23H25ClN2O3. The van der Waals surface area contributed by atoms with Gasteiger partial charge >= 0.3 is 0 Å². The predicted molar refractivity (Wildman–Crippen MR) is 115 cm³/mol. The number of pyridine rings is 1. The summed E-state index contributed by atoms with van der Waals surface area (Å²) in [5.41, 5.74) is 3.25. The molecule has 1 aromatic carbocycles. The molecule has 0 bridgehead atoms. The predicted octanol–water partition coefficient (Wildman–Crippen LogP) is 4.40. The third-order valence-corrected chi connectivity index (χ3v) is 5.64. The summed E-state index contributed by atoms with van der Waals surface area (Å²) in [5.74, 6) is 1.08. The van der Waals surface area contributed by atoms with Crippen LogP contribution in [0.1, 0.15) is 61.8 Å². The van der Waals surface area contributed by atoms with Crippen molar-refractivity contribution in [1.29, 1.82) is 0 Å². The van der Waals surface area contributed by atoms with Gasteiger partial charge in [-0.05, 0) is 55.4 Å². The van der Waals surface area contributed by atoms with Crippen molar-refractivity contribution in [2.45, 2.75) is 51.0 Å². The van der Waals surface area contributed by atoms with Gasteiger partial charge in [0.2, 0.25) is 5.91 Å². The molecule has 2 N–H and O–H groups in total. The van der Waals surface area contributed by atoms with Crippen molar-refractivity contribution in [3.05, 3.63) is 68.6 Å². The second-order valence-electron chi connectivity index (χ2n) is 7.72. The van der Waals surface area contributed by atoms with Crippen molar-refractivity contribution >= 4 is 23.1 Å². The fraction of sp³-hybridized carbons (Fsp3) is 0.391. The number of aromatic nitrogens is 1. The third-order valence-electron chi connectivity index (χ3n) is 5.35. The second-order valence-corrected chi connectivity index (χ2v) is 8.12. The molecule has 4 rings (SSSR count). The average molecular weight is 413 g/mol. The van der Waals surface area contributed by atoms with Crippen molar-refractivity contribution in [3.8, 4) is 5.75 Å². The van der Waals surface area contributed by atoms with Crippen LogP contribution in [0.4, 0.5) is 0 Å². The van der Waals surface area contributed by atoms with Crippen LogP contribution in [0.3, 0.4) is 0 Å². The van der Waals surface area contributed by atoms with Crippen LogP contribution in [0.2, 0.25) is 5.02 Å². The third kappa shape index (κ3) is 4.56. The molecule has 2 aromatic rings. The summed E-state index contributed by atoms with van der Waals surface area (Å²) in [6.45, 7) is 2.65. The van der Waals surface area contributed by atoms with Crippen LogP contribution < -0.4 is 15.6 Å². The molecule has 29 heavy (non-hydrogen) atoms. The number of H-pyrrole nitrogens is 1. The first-order valence-electron chi connectivity index (χ1n) is 10.2. The minimum absolute atomic E-state index is 0.0413. The number of hydrogen-bond donors (Lipinski definition) is 2. The number of aromatic amines is 1. The van der Waals surface area contributed by atoms with E-state index in [0.29, 0.717) is 29.7 Å². The Balaban J connectivity index is 1.72. The number of ether oxygens (including phenoxy) is 1. The lowest BCUT2D eigenvalue weighted by Gasteiger charge is -2.14. The molecule has 1 amide bonds. The van der Waals surface area contributed by atoms with Gasteiger partial charge in [0.05, 0.1) is 11.6 Å². The SMILES string of the molecule is CCCOc1ccc(/C(=C/[C@H]2CCC(=O)N2)c2ccc(C3CC3)c(=O)[nH]2)cc1Cl. The normalized spacial score (nSPS) is 19.3. The zero-order valence-corrected chi connectivity index (χ0v) is 17.2. The van der Waals surface area contributed by atoms with Crippen LogP contribution in [0, 0.1) is 0 Å². The zero-order chi connectivity index (χ0) is 20.4. The summed E-state index contributed by atoms with van der Waals surface area (Å²) in [6, 6.07) is 9.44. The van der Waals surface area contributed by atoms with E-state index in [1.165, 1.54) is 0 Å². The van der Waals surface area contributed by atoms with E-state index in [4.69, 9.17) is 16.3 Å². The quantitative estimate of drug-likeness (QED) is 0.707. The maximum atomic E-state index is 12.6. The molecule has 1 aliphatic heterocycles. The summed E-state index contributed by atoms with van der Waals surface area (Å²) in [6.07, 6.45) is 6.31. The van der Waals surface area contributed by atoms with Crippen LogP contribution in [0.5, 0.6) is 5.75 Å². The first kappa shape index (κ1) is 19.8.